The molecule has 1 unspecified atom stereocenters. The van der Waals surface area contributed by atoms with E-state index in [4.69, 9.17) is 14.2 Å². The second-order valence-corrected chi connectivity index (χ2v) is 6.37. The Morgan fingerprint density at radius 1 is 1.21 bits per heavy atom. The fourth-order valence-electron chi connectivity index (χ4n) is 3.10. The molecule has 0 aromatic heterocycles. The topological polar surface area (TPSA) is 34.2 Å². The van der Waals surface area contributed by atoms with E-state index in [1.54, 1.807) is 0 Å². The molecule has 1 heterocycles. The summed E-state index contributed by atoms with van der Waals surface area (Å²) in [6.45, 7) is 7.86. The van der Waals surface area contributed by atoms with E-state index in [1.807, 2.05) is 26.0 Å². The standard InChI is InChI=1S/C19H32N2O3/c1-5-22-19(23-6-2)14-21-16(10-9-13-20(3)4)15-24-18-12-8-7-11-17(18)21/h7-8,11-12,16,19H,5-6,9-10,13-15H2,1-4H3. The zero-order valence-electron chi connectivity index (χ0n) is 15.5. The number of hydrogen-bond donors (Lipinski definition) is 0. The molecule has 0 bridgehead atoms. The molecule has 5 heteroatoms. The first kappa shape index (κ1) is 19.0. The Bertz CT molecular complexity index is 475. The van der Waals surface area contributed by atoms with Gasteiger partial charge < -0.3 is 24.0 Å². The van der Waals surface area contributed by atoms with E-state index in [-0.39, 0.29) is 6.29 Å². The molecular formula is C19H32N2O3. The van der Waals surface area contributed by atoms with Crippen LogP contribution in [0.3, 0.4) is 0 Å². The first-order valence-corrected chi connectivity index (χ1v) is 9.02. The zero-order valence-corrected chi connectivity index (χ0v) is 15.5. The highest BCUT2D eigenvalue weighted by molar-refractivity contribution is 5.60. The molecule has 1 aliphatic rings. The van der Waals surface area contributed by atoms with Gasteiger partial charge in [-0.25, -0.2) is 0 Å². The average Bonchev–Trinajstić information content (AvgIpc) is 2.56. The summed E-state index contributed by atoms with van der Waals surface area (Å²) in [5.41, 5.74) is 1.14. The van der Waals surface area contributed by atoms with Crippen molar-refractivity contribution in [2.24, 2.45) is 0 Å². The third-order valence-electron chi connectivity index (χ3n) is 4.24. The van der Waals surface area contributed by atoms with Crippen molar-refractivity contribution in [1.29, 1.82) is 0 Å². The normalized spacial score (nSPS) is 17.2. The Hall–Kier alpha value is -1.30. The van der Waals surface area contributed by atoms with Crippen LogP contribution in [-0.4, -0.2) is 64.2 Å². The Morgan fingerprint density at radius 3 is 2.58 bits per heavy atom. The van der Waals surface area contributed by atoms with E-state index in [0.29, 0.717) is 19.3 Å². The minimum Gasteiger partial charge on any atom is -0.489 e. The van der Waals surface area contributed by atoms with E-state index in [2.05, 4.69) is 36.0 Å². The molecule has 136 valence electrons. The van der Waals surface area contributed by atoms with Crippen molar-refractivity contribution in [1.82, 2.24) is 4.90 Å². The Kier molecular flexibility index (Phi) is 7.82. The molecule has 1 aromatic rings. The molecule has 0 saturated heterocycles. The molecule has 0 saturated carbocycles. The van der Waals surface area contributed by atoms with Gasteiger partial charge in [-0.05, 0) is 59.5 Å². The molecule has 1 aliphatic heterocycles. The van der Waals surface area contributed by atoms with E-state index in [9.17, 15) is 0 Å². The lowest BCUT2D eigenvalue weighted by atomic mass is 10.1. The van der Waals surface area contributed by atoms with Gasteiger partial charge in [-0.2, -0.15) is 0 Å². The quantitative estimate of drug-likeness (QED) is 0.614. The summed E-state index contributed by atoms with van der Waals surface area (Å²) in [5.74, 6) is 0.952. The van der Waals surface area contributed by atoms with Gasteiger partial charge >= 0.3 is 0 Å². The maximum Gasteiger partial charge on any atom is 0.174 e. The molecule has 0 aliphatic carbocycles. The molecule has 0 amide bonds. The van der Waals surface area contributed by atoms with Crippen LogP contribution in [-0.2, 0) is 9.47 Å². The first-order valence-electron chi connectivity index (χ1n) is 9.02. The summed E-state index contributed by atoms with van der Waals surface area (Å²) in [4.78, 5) is 4.63. The van der Waals surface area contributed by atoms with Gasteiger partial charge in [0.25, 0.3) is 0 Å². The van der Waals surface area contributed by atoms with Gasteiger partial charge in [-0.3, -0.25) is 0 Å². The van der Waals surface area contributed by atoms with Crippen LogP contribution in [0.1, 0.15) is 26.7 Å². The minimum absolute atomic E-state index is 0.206. The van der Waals surface area contributed by atoms with Gasteiger partial charge in [0.2, 0.25) is 0 Å². The van der Waals surface area contributed by atoms with E-state index < -0.39 is 0 Å². The van der Waals surface area contributed by atoms with Gasteiger partial charge in [0.05, 0.1) is 18.3 Å². The van der Waals surface area contributed by atoms with Crippen molar-refractivity contribution in [2.45, 2.75) is 39.0 Å². The van der Waals surface area contributed by atoms with Crippen molar-refractivity contribution in [3.8, 4) is 5.75 Å². The largest absolute Gasteiger partial charge is 0.489 e. The van der Waals surface area contributed by atoms with Crippen LogP contribution in [0.15, 0.2) is 24.3 Å². The molecule has 24 heavy (non-hydrogen) atoms. The molecule has 0 spiro atoms. The first-order chi connectivity index (χ1) is 11.7. The van der Waals surface area contributed by atoms with Crippen molar-refractivity contribution in [3.05, 3.63) is 24.3 Å². The number of rotatable bonds is 10. The molecule has 0 N–H and O–H groups in total. The predicted octanol–water partition coefficient (Wildman–Crippen LogP) is 2.99. The van der Waals surface area contributed by atoms with Crippen LogP contribution in [0, 0.1) is 0 Å². The van der Waals surface area contributed by atoms with Crippen LogP contribution < -0.4 is 9.64 Å². The van der Waals surface area contributed by atoms with Crippen LogP contribution in [0.25, 0.3) is 0 Å². The number of benzene rings is 1. The van der Waals surface area contributed by atoms with Gasteiger partial charge in [0.15, 0.2) is 6.29 Å². The highest BCUT2D eigenvalue weighted by atomic mass is 16.7. The predicted molar refractivity (Wildman–Crippen MR) is 97.9 cm³/mol. The summed E-state index contributed by atoms with van der Waals surface area (Å²) >= 11 is 0. The van der Waals surface area contributed by atoms with Gasteiger partial charge in [-0.15, -0.1) is 0 Å². The number of fused-ring (bicyclic) bond motifs is 1. The second kappa shape index (κ2) is 9.87. The van der Waals surface area contributed by atoms with Crippen LogP contribution in [0.2, 0.25) is 0 Å². The third kappa shape index (κ3) is 5.36. The molecular weight excluding hydrogens is 304 g/mol. The smallest absolute Gasteiger partial charge is 0.174 e. The highest BCUT2D eigenvalue weighted by Gasteiger charge is 2.29. The van der Waals surface area contributed by atoms with E-state index >= 15 is 0 Å². The number of ether oxygens (including phenoxy) is 3. The van der Waals surface area contributed by atoms with Crippen molar-refractivity contribution < 1.29 is 14.2 Å². The maximum absolute atomic E-state index is 5.99. The highest BCUT2D eigenvalue weighted by Crippen LogP contribution is 2.35. The zero-order chi connectivity index (χ0) is 17.4. The Balaban J connectivity index is 2.11. The van der Waals surface area contributed by atoms with Crippen LogP contribution in [0.5, 0.6) is 5.75 Å². The number of para-hydroxylation sites is 2. The van der Waals surface area contributed by atoms with Crippen LogP contribution in [0.4, 0.5) is 5.69 Å². The van der Waals surface area contributed by atoms with E-state index in [0.717, 1.165) is 44.0 Å². The van der Waals surface area contributed by atoms with Crippen molar-refractivity contribution in [2.75, 3.05) is 51.9 Å². The third-order valence-corrected chi connectivity index (χ3v) is 4.24. The number of hydrogen-bond acceptors (Lipinski definition) is 5. The van der Waals surface area contributed by atoms with Crippen LogP contribution >= 0.6 is 0 Å². The summed E-state index contributed by atoms with van der Waals surface area (Å²) in [6, 6.07) is 8.60. The summed E-state index contributed by atoms with van der Waals surface area (Å²) in [7, 11) is 4.23. The van der Waals surface area contributed by atoms with Gasteiger partial charge in [-0.1, -0.05) is 12.1 Å². The summed E-state index contributed by atoms with van der Waals surface area (Å²) in [6.07, 6.45) is 2.04. The lowest BCUT2D eigenvalue weighted by Gasteiger charge is -2.40. The molecule has 0 fully saturated rings. The SMILES string of the molecule is CCOC(CN1c2ccccc2OCC1CCCN(C)C)OCC. The summed E-state index contributed by atoms with van der Waals surface area (Å²) in [5, 5.41) is 0. The summed E-state index contributed by atoms with van der Waals surface area (Å²) < 4.78 is 17.5. The lowest BCUT2D eigenvalue weighted by molar-refractivity contribution is -0.130. The Morgan fingerprint density at radius 2 is 1.92 bits per heavy atom. The monoisotopic (exact) mass is 336 g/mol. The second-order valence-electron chi connectivity index (χ2n) is 6.37. The van der Waals surface area contributed by atoms with Gasteiger partial charge in [0, 0.05) is 13.2 Å². The minimum atomic E-state index is -0.206. The lowest BCUT2D eigenvalue weighted by Crippen LogP contribution is -2.48. The molecule has 2 rings (SSSR count). The van der Waals surface area contributed by atoms with E-state index in [1.165, 1.54) is 0 Å². The van der Waals surface area contributed by atoms with Crippen molar-refractivity contribution in [3.63, 3.8) is 0 Å². The number of nitrogens with zero attached hydrogens (tertiary/aromatic N) is 2. The van der Waals surface area contributed by atoms with Crippen molar-refractivity contribution >= 4 is 5.69 Å². The average molecular weight is 336 g/mol. The fraction of sp³-hybridized carbons (Fsp3) is 0.684. The molecule has 0 radical (unpaired) electrons. The molecule has 1 atom stereocenters. The molecule has 1 aromatic carbocycles. The molecule has 5 nitrogen and oxygen atoms in total. The van der Waals surface area contributed by atoms with Gasteiger partial charge in [0.1, 0.15) is 12.4 Å². The maximum atomic E-state index is 5.99. The Labute approximate surface area is 146 Å². The number of anilines is 1. The fourth-order valence-corrected chi connectivity index (χ4v) is 3.10.